The van der Waals surface area contributed by atoms with Gasteiger partial charge in [-0.15, -0.1) is 0 Å². The zero-order chi connectivity index (χ0) is 19.2. The molecule has 144 valence electrons. The van der Waals surface area contributed by atoms with Crippen molar-refractivity contribution in [1.82, 2.24) is 15.0 Å². The molecular formula is C22H29N3O2. The minimum atomic E-state index is -0.316. The fourth-order valence-corrected chi connectivity index (χ4v) is 4.19. The largest absolute Gasteiger partial charge is 0.341 e. The molecule has 0 radical (unpaired) electrons. The van der Waals surface area contributed by atoms with E-state index in [-0.39, 0.29) is 22.7 Å². The first-order valence-corrected chi connectivity index (χ1v) is 10.0. The molecule has 2 heterocycles. The normalized spacial score (nSPS) is 21.9. The number of carbonyl (C=O) groups is 1. The third-order valence-corrected chi connectivity index (χ3v) is 6.06. The molecule has 1 aromatic carbocycles. The molecule has 0 spiro atoms. The van der Waals surface area contributed by atoms with E-state index in [4.69, 9.17) is 4.52 Å². The number of amides is 1. The quantitative estimate of drug-likeness (QED) is 0.819. The van der Waals surface area contributed by atoms with Crippen LogP contribution in [0.25, 0.3) is 0 Å². The van der Waals surface area contributed by atoms with Gasteiger partial charge in [-0.2, -0.15) is 4.98 Å². The van der Waals surface area contributed by atoms with Crippen molar-refractivity contribution in [1.29, 1.82) is 0 Å². The maximum atomic E-state index is 13.4. The summed E-state index contributed by atoms with van der Waals surface area (Å²) in [6, 6.07) is 8.69. The zero-order valence-corrected chi connectivity index (χ0v) is 16.8. The molecule has 2 aliphatic rings. The van der Waals surface area contributed by atoms with Crippen LogP contribution in [0.2, 0.25) is 0 Å². The number of nitrogens with zero attached hydrogens (tertiary/aromatic N) is 3. The number of carbonyl (C=O) groups excluding carboxylic acids is 1. The van der Waals surface area contributed by atoms with Gasteiger partial charge in [0.25, 0.3) is 0 Å². The molecule has 1 saturated heterocycles. The topological polar surface area (TPSA) is 59.2 Å². The van der Waals surface area contributed by atoms with Crippen LogP contribution in [0.4, 0.5) is 0 Å². The molecule has 1 atom stereocenters. The van der Waals surface area contributed by atoms with Gasteiger partial charge in [-0.25, -0.2) is 0 Å². The number of aryl methyl sites for hydroxylation is 1. The van der Waals surface area contributed by atoms with Gasteiger partial charge >= 0.3 is 0 Å². The van der Waals surface area contributed by atoms with Crippen molar-refractivity contribution in [3.63, 3.8) is 0 Å². The minimum absolute atomic E-state index is 0.127. The second-order valence-corrected chi connectivity index (χ2v) is 9.18. The Kier molecular flexibility index (Phi) is 4.36. The summed E-state index contributed by atoms with van der Waals surface area (Å²) < 4.78 is 5.36. The van der Waals surface area contributed by atoms with Crippen LogP contribution in [0.5, 0.6) is 0 Å². The first-order chi connectivity index (χ1) is 12.8. The standard InChI is InChI=1S/C22H29N3O2/c1-15-23-19(27-24-15)16-6-5-13-25(14-16)20(26)22(11-12-22)18-9-7-17(8-10-18)21(2,3)4/h7-10,16H,5-6,11-14H2,1-4H3/t16-/m0/s1. The van der Waals surface area contributed by atoms with Gasteiger partial charge in [-0.3, -0.25) is 4.79 Å². The van der Waals surface area contributed by atoms with E-state index in [1.807, 2.05) is 11.8 Å². The Bertz CT molecular complexity index is 828. The molecular weight excluding hydrogens is 338 g/mol. The number of benzene rings is 1. The van der Waals surface area contributed by atoms with Gasteiger partial charge < -0.3 is 9.42 Å². The lowest BCUT2D eigenvalue weighted by Gasteiger charge is -2.34. The van der Waals surface area contributed by atoms with Crippen LogP contribution in [0.1, 0.15) is 75.2 Å². The fourth-order valence-electron chi connectivity index (χ4n) is 4.19. The van der Waals surface area contributed by atoms with E-state index < -0.39 is 0 Å². The molecule has 0 unspecified atom stereocenters. The molecule has 0 bridgehead atoms. The molecule has 2 fully saturated rings. The second-order valence-electron chi connectivity index (χ2n) is 9.18. The van der Waals surface area contributed by atoms with Crippen molar-refractivity contribution in [2.24, 2.45) is 0 Å². The first kappa shape index (κ1) is 18.2. The summed E-state index contributed by atoms with van der Waals surface area (Å²) in [6.07, 6.45) is 3.87. The molecule has 0 N–H and O–H groups in total. The van der Waals surface area contributed by atoms with Crippen molar-refractivity contribution in [3.05, 3.63) is 47.1 Å². The van der Waals surface area contributed by atoms with Crippen LogP contribution in [0.15, 0.2) is 28.8 Å². The number of piperidine rings is 1. The lowest BCUT2D eigenvalue weighted by molar-refractivity contribution is -0.135. The Labute approximate surface area is 161 Å². The van der Waals surface area contributed by atoms with Gasteiger partial charge in [-0.05, 0) is 49.1 Å². The van der Waals surface area contributed by atoms with E-state index in [1.165, 1.54) is 5.56 Å². The van der Waals surface area contributed by atoms with E-state index in [2.05, 4.69) is 55.2 Å². The molecule has 1 aliphatic heterocycles. The monoisotopic (exact) mass is 367 g/mol. The summed E-state index contributed by atoms with van der Waals surface area (Å²) in [5.74, 6) is 1.75. The van der Waals surface area contributed by atoms with Crippen LogP contribution in [-0.2, 0) is 15.6 Å². The Hall–Kier alpha value is -2.17. The van der Waals surface area contributed by atoms with Gasteiger partial charge in [0.15, 0.2) is 5.82 Å². The molecule has 27 heavy (non-hydrogen) atoms. The van der Waals surface area contributed by atoms with E-state index in [0.717, 1.165) is 37.8 Å². The van der Waals surface area contributed by atoms with E-state index >= 15 is 0 Å². The highest BCUT2D eigenvalue weighted by atomic mass is 16.5. The van der Waals surface area contributed by atoms with Gasteiger partial charge in [0, 0.05) is 13.1 Å². The highest BCUT2D eigenvalue weighted by Gasteiger charge is 2.53. The fraction of sp³-hybridized carbons (Fsp3) is 0.591. The lowest BCUT2D eigenvalue weighted by atomic mass is 9.84. The Morgan fingerprint density at radius 2 is 1.93 bits per heavy atom. The first-order valence-electron chi connectivity index (χ1n) is 10.0. The molecule has 1 aromatic heterocycles. The van der Waals surface area contributed by atoms with Crippen molar-refractivity contribution in [2.75, 3.05) is 13.1 Å². The molecule has 5 heteroatoms. The third-order valence-electron chi connectivity index (χ3n) is 6.06. The maximum absolute atomic E-state index is 13.4. The Morgan fingerprint density at radius 1 is 1.22 bits per heavy atom. The number of hydrogen-bond acceptors (Lipinski definition) is 4. The molecule has 1 amide bonds. The summed E-state index contributed by atoms with van der Waals surface area (Å²) in [7, 11) is 0. The van der Waals surface area contributed by atoms with E-state index in [9.17, 15) is 4.79 Å². The average molecular weight is 367 g/mol. The average Bonchev–Trinajstić information content (AvgIpc) is 3.35. The van der Waals surface area contributed by atoms with Crippen LogP contribution >= 0.6 is 0 Å². The number of likely N-dealkylation sites (tertiary alicyclic amines) is 1. The molecule has 5 nitrogen and oxygen atoms in total. The Balaban J connectivity index is 1.51. The number of hydrogen-bond donors (Lipinski definition) is 0. The summed E-state index contributed by atoms with van der Waals surface area (Å²) in [5, 5.41) is 3.91. The summed E-state index contributed by atoms with van der Waals surface area (Å²) in [5.41, 5.74) is 2.28. The zero-order valence-electron chi connectivity index (χ0n) is 16.8. The third kappa shape index (κ3) is 3.40. The van der Waals surface area contributed by atoms with E-state index in [1.54, 1.807) is 0 Å². The summed E-state index contributed by atoms with van der Waals surface area (Å²) >= 11 is 0. The molecule has 1 saturated carbocycles. The van der Waals surface area contributed by atoms with Gasteiger partial charge in [-0.1, -0.05) is 50.2 Å². The highest BCUT2D eigenvalue weighted by molar-refractivity contribution is 5.91. The lowest BCUT2D eigenvalue weighted by Crippen LogP contribution is -2.44. The summed E-state index contributed by atoms with van der Waals surface area (Å²) in [6.45, 7) is 9.99. The smallest absolute Gasteiger partial charge is 0.233 e. The molecule has 4 rings (SSSR count). The predicted octanol–water partition coefficient (Wildman–Crippen LogP) is 4.11. The van der Waals surface area contributed by atoms with Crippen molar-refractivity contribution >= 4 is 5.91 Å². The van der Waals surface area contributed by atoms with Crippen molar-refractivity contribution < 1.29 is 9.32 Å². The SMILES string of the molecule is Cc1noc([C@H]2CCCN(C(=O)C3(c4ccc(C(C)(C)C)cc4)CC3)C2)n1. The van der Waals surface area contributed by atoms with Gasteiger partial charge in [0.05, 0.1) is 11.3 Å². The predicted molar refractivity (Wildman–Crippen MR) is 104 cm³/mol. The van der Waals surface area contributed by atoms with Gasteiger partial charge in [0.1, 0.15) is 0 Å². The van der Waals surface area contributed by atoms with E-state index in [0.29, 0.717) is 18.3 Å². The van der Waals surface area contributed by atoms with Crippen LogP contribution in [0.3, 0.4) is 0 Å². The number of rotatable bonds is 3. The summed E-state index contributed by atoms with van der Waals surface area (Å²) in [4.78, 5) is 19.8. The molecule has 2 aromatic rings. The number of aromatic nitrogens is 2. The second kappa shape index (κ2) is 6.47. The Morgan fingerprint density at radius 3 is 2.48 bits per heavy atom. The van der Waals surface area contributed by atoms with Crippen molar-refractivity contribution in [3.8, 4) is 0 Å². The molecule has 1 aliphatic carbocycles. The van der Waals surface area contributed by atoms with Gasteiger partial charge in [0.2, 0.25) is 11.8 Å². The van der Waals surface area contributed by atoms with Crippen LogP contribution in [-0.4, -0.2) is 34.0 Å². The highest BCUT2D eigenvalue weighted by Crippen LogP contribution is 2.50. The maximum Gasteiger partial charge on any atom is 0.233 e. The minimum Gasteiger partial charge on any atom is -0.341 e. The van der Waals surface area contributed by atoms with Crippen LogP contribution in [0, 0.1) is 6.92 Å². The van der Waals surface area contributed by atoms with Crippen molar-refractivity contribution in [2.45, 2.75) is 70.1 Å². The van der Waals surface area contributed by atoms with Crippen LogP contribution < -0.4 is 0 Å².